The first-order valence-corrected chi connectivity index (χ1v) is 11.1. The molecule has 4 fully saturated rings. The first kappa shape index (κ1) is 18.2. The summed E-state index contributed by atoms with van der Waals surface area (Å²) in [5.41, 5.74) is 1.39. The quantitative estimate of drug-likeness (QED) is 0.856. The molecule has 4 aliphatic heterocycles. The Morgan fingerprint density at radius 2 is 1.75 bits per heavy atom. The highest BCUT2D eigenvalue weighted by Gasteiger charge is 2.51. The summed E-state index contributed by atoms with van der Waals surface area (Å²) in [6, 6.07) is 10.7. The lowest BCUT2D eigenvalue weighted by molar-refractivity contribution is -0.162. The van der Waals surface area contributed by atoms with Crippen LogP contribution < -0.4 is 5.32 Å². The fraction of sp³-hybridized carbons (Fsp3) is 0.652. The predicted molar refractivity (Wildman–Crippen MR) is 108 cm³/mol. The van der Waals surface area contributed by atoms with Crippen molar-refractivity contribution >= 4 is 11.8 Å². The fourth-order valence-corrected chi connectivity index (χ4v) is 6.18. The number of piperidine rings is 4. The summed E-state index contributed by atoms with van der Waals surface area (Å²) in [7, 11) is 0. The Kier molecular flexibility index (Phi) is 4.87. The Labute approximate surface area is 167 Å². The molecule has 4 atom stereocenters. The zero-order valence-corrected chi connectivity index (χ0v) is 16.6. The van der Waals surface area contributed by atoms with E-state index in [9.17, 15) is 9.59 Å². The smallest absolute Gasteiger partial charge is 0.245 e. The lowest BCUT2D eigenvalue weighted by atomic mass is 9.72. The number of carbonyl (C=O) groups excluding carboxylic acids is 2. The first-order valence-electron chi connectivity index (χ1n) is 11.1. The van der Waals surface area contributed by atoms with E-state index < -0.39 is 0 Å². The van der Waals surface area contributed by atoms with Crippen molar-refractivity contribution in [3.05, 3.63) is 35.9 Å². The average Bonchev–Trinajstić information content (AvgIpc) is 2.75. The van der Waals surface area contributed by atoms with Gasteiger partial charge in [0, 0.05) is 38.0 Å². The second-order valence-electron chi connectivity index (χ2n) is 9.13. The van der Waals surface area contributed by atoms with Gasteiger partial charge in [-0.3, -0.25) is 9.59 Å². The summed E-state index contributed by atoms with van der Waals surface area (Å²) in [6.07, 6.45) is 5.79. The second kappa shape index (κ2) is 7.51. The van der Waals surface area contributed by atoms with Crippen molar-refractivity contribution in [3.63, 3.8) is 0 Å². The summed E-state index contributed by atoms with van der Waals surface area (Å²) in [6.45, 7) is 3.48. The van der Waals surface area contributed by atoms with E-state index in [4.69, 9.17) is 0 Å². The molecule has 4 heterocycles. The minimum Gasteiger partial charge on any atom is -0.341 e. The summed E-state index contributed by atoms with van der Waals surface area (Å²) in [4.78, 5) is 30.5. The topological polar surface area (TPSA) is 52.7 Å². The van der Waals surface area contributed by atoms with Gasteiger partial charge in [0.15, 0.2) is 0 Å². The van der Waals surface area contributed by atoms with Crippen LogP contribution in [-0.2, 0) is 9.59 Å². The number of rotatable bonds is 2. The Bertz CT molecular complexity index is 729. The number of amides is 2. The largest absolute Gasteiger partial charge is 0.341 e. The number of carbonyl (C=O) groups is 2. The zero-order valence-electron chi connectivity index (χ0n) is 16.6. The molecule has 28 heavy (non-hydrogen) atoms. The molecule has 0 saturated carbocycles. The minimum atomic E-state index is -0.241. The number of fused-ring (bicyclic) bond motifs is 4. The van der Waals surface area contributed by atoms with Gasteiger partial charge in [0.2, 0.25) is 11.8 Å². The number of nitrogens with zero attached hydrogens (tertiary/aromatic N) is 2. The lowest BCUT2D eigenvalue weighted by Gasteiger charge is -2.54. The van der Waals surface area contributed by atoms with Gasteiger partial charge >= 0.3 is 0 Å². The van der Waals surface area contributed by atoms with Gasteiger partial charge in [0.05, 0.1) is 0 Å². The Morgan fingerprint density at radius 1 is 1.00 bits per heavy atom. The second-order valence-corrected chi connectivity index (χ2v) is 9.13. The molecule has 2 bridgehead atoms. The van der Waals surface area contributed by atoms with Crippen LogP contribution in [0.4, 0.5) is 0 Å². The maximum atomic E-state index is 13.6. The normalized spacial score (nSPS) is 33.5. The van der Waals surface area contributed by atoms with Gasteiger partial charge in [0.1, 0.15) is 6.04 Å². The summed E-state index contributed by atoms with van der Waals surface area (Å²) < 4.78 is 0. The molecule has 0 spiro atoms. The van der Waals surface area contributed by atoms with E-state index in [-0.39, 0.29) is 29.8 Å². The predicted octanol–water partition coefficient (Wildman–Crippen LogP) is 2.38. The van der Waals surface area contributed by atoms with Crippen LogP contribution >= 0.6 is 0 Å². The number of hydrogen-bond acceptors (Lipinski definition) is 3. The molecule has 2 amide bonds. The van der Waals surface area contributed by atoms with E-state index in [0.29, 0.717) is 18.3 Å². The average molecular weight is 382 g/mol. The molecule has 0 radical (unpaired) electrons. The number of nitrogens with one attached hydrogen (secondary N) is 1. The molecule has 4 aliphatic rings. The van der Waals surface area contributed by atoms with Crippen molar-refractivity contribution in [3.8, 4) is 0 Å². The van der Waals surface area contributed by atoms with Crippen molar-refractivity contribution in [2.45, 2.75) is 56.5 Å². The van der Waals surface area contributed by atoms with Gasteiger partial charge in [-0.1, -0.05) is 30.3 Å². The Balaban J connectivity index is 1.32. The van der Waals surface area contributed by atoms with Crippen molar-refractivity contribution in [2.24, 2.45) is 11.8 Å². The van der Waals surface area contributed by atoms with Crippen molar-refractivity contribution in [1.29, 1.82) is 0 Å². The van der Waals surface area contributed by atoms with E-state index >= 15 is 0 Å². The Morgan fingerprint density at radius 3 is 2.54 bits per heavy atom. The molecule has 0 aliphatic carbocycles. The summed E-state index contributed by atoms with van der Waals surface area (Å²) >= 11 is 0. The van der Waals surface area contributed by atoms with E-state index in [0.717, 1.165) is 58.3 Å². The van der Waals surface area contributed by atoms with E-state index in [1.807, 2.05) is 4.90 Å². The highest BCUT2D eigenvalue weighted by atomic mass is 16.2. The molecule has 0 unspecified atom stereocenters. The number of benzene rings is 1. The molecule has 1 aromatic rings. The minimum absolute atomic E-state index is 0.207. The third-order valence-corrected chi connectivity index (χ3v) is 7.58. The van der Waals surface area contributed by atoms with Crippen LogP contribution in [0.2, 0.25) is 0 Å². The van der Waals surface area contributed by atoms with Gasteiger partial charge in [-0.25, -0.2) is 0 Å². The van der Waals surface area contributed by atoms with Crippen LogP contribution in [0, 0.1) is 11.8 Å². The fourth-order valence-electron chi connectivity index (χ4n) is 6.18. The highest BCUT2D eigenvalue weighted by molar-refractivity contribution is 5.89. The first-order chi connectivity index (χ1) is 13.7. The molecule has 0 aromatic heterocycles. The SMILES string of the molecule is O=C([C@H]1[C@@H]2CNC[C@@H](C2)[C@@H]2CCCC(=O)N21)N1CCC(c2ccccc2)CC1. The lowest BCUT2D eigenvalue weighted by Crippen LogP contribution is -2.68. The molecular weight excluding hydrogens is 350 g/mol. The van der Waals surface area contributed by atoms with Crippen LogP contribution in [0.3, 0.4) is 0 Å². The molecule has 1 aromatic carbocycles. The molecule has 5 nitrogen and oxygen atoms in total. The number of likely N-dealkylation sites (tertiary alicyclic amines) is 1. The van der Waals surface area contributed by atoms with E-state index in [2.05, 4.69) is 40.5 Å². The van der Waals surface area contributed by atoms with Crippen molar-refractivity contribution in [1.82, 2.24) is 15.1 Å². The molecule has 150 valence electrons. The van der Waals surface area contributed by atoms with Gasteiger partial charge < -0.3 is 15.1 Å². The van der Waals surface area contributed by atoms with Crippen molar-refractivity contribution < 1.29 is 9.59 Å². The van der Waals surface area contributed by atoms with Gasteiger partial charge in [-0.15, -0.1) is 0 Å². The number of hydrogen-bond donors (Lipinski definition) is 1. The molecule has 4 saturated heterocycles. The van der Waals surface area contributed by atoms with E-state index in [1.54, 1.807) is 0 Å². The molecule has 1 N–H and O–H groups in total. The maximum absolute atomic E-state index is 13.6. The van der Waals surface area contributed by atoms with Crippen LogP contribution in [0.15, 0.2) is 30.3 Å². The van der Waals surface area contributed by atoms with Gasteiger partial charge in [-0.05, 0) is 56.0 Å². The third kappa shape index (κ3) is 3.14. The standard InChI is InChI=1S/C23H31N3O2/c27-21-8-4-7-20-18-13-19(15-24-14-18)22(26(20)21)23(28)25-11-9-17(10-12-25)16-5-2-1-3-6-16/h1-3,5-6,17-20,22,24H,4,7-15H2/t18-,19+,20+,22-/m1/s1. The Hall–Kier alpha value is -1.88. The molecule has 5 rings (SSSR count). The van der Waals surface area contributed by atoms with Crippen molar-refractivity contribution in [2.75, 3.05) is 26.2 Å². The van der Waals surface area contributed by atoms with Crippen LogP contribution in [-0.4, -0.2) is 59.9 Å². The maximum Gasteiger partial charge on any atom is 0.245 e. The van der Waals surface area contributed by atoms with Crippen LogP contribution in [0.5, 0.6) is 0 Å². The van der Waals surface area contributed by atoms with Crippen LogP contribution in [0.1, 0.15) is 50.0 Å². The van der Waals surface area contributed by atoms with Gasteiger partial charge in [-0.2, -0.15) is 0 Å². The summed E-state index contributed by atoms with van der Waals surface area (Å²) in [5.74, 6) is 1.76. The monoisotopic (exact) mass is 381 g/mol. The van der Waals surface area contributed by atoms with E-state index in [1.165, 1.54) is 5.56 Å². The van der Waals surface area contributed by atoms with Gasteiger partial charge in [0.25, 0.3) is 0 Å². The zero-order chi connectivity index (χ0) is 19.1. The van der Waals surface area contributed by atoms with Crippen LogP contribution in [0.25, 0.3) is 0 Å². The third-order valence-electron chi connectivity index (χ3n) is 7.58. The highest BCUT2D eigenvalue weighted by Crippen LogP contribution is 2.40. The summed E-state index contributed by atoms with van der Waals surface area (Å²) in [5, 5.41) is 3.54. The molecule has 5 heteroatoms. The molecular formula is C23H31N3O2.